The van der Waals surface area contributed by atoms with Crippen LogP contribution >= 0.6 is 0 Å². The third-order valence-corrected chi connectivity index (χ3v) is 7.78. The molecule has 12 heteroatoms. The summed E-state index contributed by atoms with van der Waals surface area (Å²) in [4.78, 5) is 33.7. The Labute approximate surface area is 222 Å². The molecule has 0 radical (unpaired) electrons. The van der Waals surface area contributed by atoms with Crippen molar-refractivity contribution in [2.24, 2.45) is 0 Å². The van der Waals surface area contributed by atoms with Crippen molar-refractivity contribution < 1.29 is 19.4 Å². The van der Waals surface area contributed by atoms with E-state index in [1.165, 1.54) is 4.90 Å². The number of amides is 1. The Kier molecular flexibility index (Phi) is 7.64. The van der Waals surface area contributed by atoms with Gasteiger partial charge in [0.25, 0.3) is 0 Å². The molecule has 0 aliphatic carbocycles. The Balaban J connectivity index is 1.45. The first-order valence-corrected chi connectivity index (χ1v) is 13.1. The molecule has 0 spiro atoms. The second kappa shape index (κ2) is 11.3. The SMILES string of the molecule is COc1ccncc1N1CCc2c(nc(OC[C@@H]3CCCN3C)nc2N2CCN(C(=O)O)[C@@H](CC#N)C2)C1. The molecule has 0 unspecified atom stereocenters. The maximum atomic E-state index is 11.8. The van der Waals surface area contributed by atoms with Gasteiger partial charge in [-0.2, -0.15) is 15.2 Å². The van der Waals surface area contributed by atoms with Gasteiger partial charge in [0.05, 0.1) is 49.8 Å². The van der Waals surface area contributed by atoms with Crippen LogP contribution in [0.3, 0.4) is 0 Å². The van der Waals surface area contributed by atoms with Gasteiger partial charge in [0.15, 0.2) is 0 Å². The summed E-state index contributed by atoms with van der Waals surface area (Å²) in [6.45, 7) is 4.04. The summed E-state index contributed by atoms with van der Waals surface area (Å²) in [6.07, 6.45) is 5.57. The number of methoxy groups -OCH3 is 1. The van der Waals surface area contributed by atoms with E-state index in [1.54, 1.807) is 19.5 Å². The number of likely N-dealkylation sites (N-methyl/N-ethyl adjacent to an activating group) is 1. The van der Waals surface area contributed by atoms with Gasteiger partial charge in [-0.15, -0.1) is 0 Å². The van der Waals surface area contributed by atoms with E-state index >= 15 is 0 Å². The molecule has 0 aromatic carbocycles. The summed E-state index contributed by atoms with van der Waals surface area (Å²) in [6, 6.07) is 4.22. The van der Waals surface area contributed by atoms with Crippen molar-refractivity contribution in [2.45, 2.75) is 44.3 Å². The van der Waals surface area contributed by atoms with Crippen LogP contribution in [0.5, 0.6) is 11.8 Å². The van der Waals surface area contributed by atoms with E-state index in [0.717, 1.165) is 54.4 Å². The van der Waals surface area contributed by atoms with Crippen molar-refractivity contribution in [2.75, 3.05) is 63.3 Å². The number of nitriles is 1. The van der Waals surface area contributed by atoms with Crippen molar-refractivity contribution in [3.63, 3.8) is 0 Å². The minimum absolute atomic E-state index is 0.127. The highest BCUT2D eigenvalue weighted by Crippen LogP contribution is 2.35. The van der Waals surface area contributed by atoms with Crippen LogP contribution in [0.1, 0.15) is 30.5 Å². The van der Waals surface area contributed by atoms with E-state index in [9.17, 15) is 15.2 Å². The van der Waals surface area contributed by atoms with Crippen molar-refractivity contribution in [1.82, 2.24) is 24.8 Å². The van der Waals surface area contributed by atoms with Gasteiger partial charge in [0.1, 0.15) is 18.2 Å². The monoisotopic (exact) mass is 522 g/mol. The number of fused-ring (bicyclic) bond motifs is 1. The molecule has 5 heterocycles. The van der Waals surface area contributed by atoms with Crippen LogP contribution < -0.4 is 19.3 Å². The first kappa shape index (κ1) is 25.8. The number of carboxylic acid groups (broad SMARTS) is 1. The Morgan fingerprint density at radius 1 is 1.21 bits per heavy atom. The van der Waals surface area contributed by atoms with Crippen LogP contribution in [0.4, 0.5) is 16.3 Å². The Hall–Kier alpha value is -3.85. The van der Waals surface area contributed by atoms with Gasteiger partial charge < -0.3 is 34.2 Å². The third kappa shape index (κ3) is 5.24. The minimum atomic E-state index is -1.000. The lowest BCUT2D eigenvalue weighted by atomic mass is 10.0. The second-order valence-corrected chi connectivity index (χ2v) is 10.00. The number of rotatable bonds is 7. The van der Waals surface area contributed by atoms with E-state index in [0.29, 0.717) is 51.3 Å². The molecular formula is C26H34N8O4. The molecule has 2 aromatic heterocycles. The van der Waals surface area contributed by atoms with Crippen LogP contribution in [-0.4, -0.2) is 102 Å². The molecule has 2 saturated heterocycles. The fourth-order valence-corrected chi connectivity index (χ4v) is 5.64. The predicted octanol–water partition coefficient (Wildman–Crippen LogP) is 2.00. The van der Waals surface area contributed by atoms with Crippen LogP contribution in [0.25, 0.3) is 0 Å². The van der Waals surface area contributed by atoms with Gasteiger partial charge in [-0.25, -0.2) is 4.79 Å². The van der Waals surface area contributed by atoms with Gasteiger partial charge in [0.2, 0.25) is 0 Å². The number of hydrogen-bond donors (Lipinski definition) is 1. The van der Waals surface area contributed by atoms with E-state index in [4.69, 9.17) is 19.4 Å². The van der Waals surface area contributed by atoms with Crippen molar-refractivity contribution in [3.8, 4) is 17.8 Å². The molecular weight excluding hydrogens is 488 g/mol. The molecule has 202 valence electrons. The molecule has 0 saturated carbocycles. The van der Waals surface area contributed by atoms with E-state index < -0.39 is 12.1 Å². The molecule has 2 fully saturated rings. The molecule has 1 amide bonds. The van der Waals surface area contributed by atoms with Crippen LogP contribution in [0, 0.1) is 11.3 Å². The lowest BCUT2D eigenvalue weighted by Crippen LogP contribution is -2.55. The average molecular weight is 523 g/mol. The zero-order valence-electron chi connectivity index (χ0n) is 21.9. The number of ether oxygens (including phenoxy) is 2. The molecule has 12 nitrogen and oxygen atoms in total. The average Bonchev–Trinajstić information content (AvgIpc) is 3.35. The Morgan fingerprint density at radius 3 is 2.82 bits per heavy atom. The molecule has 1 N–H and O–H groups in total. The maximum absolute atomic E-state index is 11.8. The Bertz CT molecular complexity index is 1200. The minimum Gasteiger partial charge on any atom is -0.494 e. The summed E-state index contributed by atoms with van der Waals surface area (Å²) in [5.41, 5.74) is 2.81. The van der Waals surface area contributed by atoms with Gasteiger partial charge >= 0.3 is 12.1 Å². The topological polar surface area (TPSA) is 131 Å². The van der Waals surface area contributed by atoms with Gasteiger partial charge in [-0.3, -0.25) is 4.98 Å². The summed E-state index contributed by atoms with van der Waals surface area (Å²) in [5.74, 6) is 1.53. The number of aromatic nitrogens is 3. The summed E-state index contributed by atoms with van der Waals surface area (Å²) >= 11 is 0. The highest BCUT2D eigenvalue weighted by atomic mass is 16.5. The molecule has 3 aliphatic heterocycles. The van der Waals surface area contributed by atoms with Crippen LogP contribution in [0.15, 0.2) is 18.5 Å². The van der Waals surface area contributed by atoms with E-state index in [1.807, 2.05) is 6.07 Å². The third-order valence-electron chi connectivity index (χ3n) is 7.78. The van der Waals surface area contributed by atoms with Crippen LogP contribution in [0.2, 0.25) is 0 Å². The highest BCUT2D eigenvalue weighted by molar-refractivity contribution is 5.66. The first-order valence-electron chi connectivity index (χ1n) is 13.1. The fraction of sp³-hybridized carbons (Fsp3) is 0.577. The molecule has 2 aromatic rings. The summed E-state index contributed by atoms with van der Waals surface area (Å²) < 4.78 is 11.7. The quantitative estimate of drug-likeness (QED) is 0.573. The summed E-state index contributed by atoms with van der Waals surface area (Å²) in [7, 11) is 3.76. The lowest BCUT2D eigenvalue weighted by Gasteiger charge is -2.41. The normalized spacial score (nSPS) is 21.7. The molecule has 2 atom stereocenters. The molecule has 3 aliphatic rings. The number of hydrogen-bond acceptors (Lipinski definition) is 10. The number of anilines is 2. The smallest absolute Gasteiger partial charge is 0.407 e. The molecule has 5 rings (SSSR count). The standard InChI is InChI=1S/C26H34N8O4/c1-31-10-3-4-19(31)17-38-25-29-21-16-32(22-14-28-9-6-23(22)37-2)11-7-20(21)24(30-25)33-12-13-34(26(35)36)18(15-33)5-8-27/h6,9,14,18-19H,3-5,7,10-13,15-17H2,1-2H3,(H,35,36)/t18-,19-/m0/s1. The number of carbonyl (C=O) groups is 1. The van der Waals surface area contributed by atoms with E-state index in [2.05, 4.69) is 32.8 Å². The van der Waals surface area contributed by atoms with Crippen molar-refractivity contribution in [1.29, 1.82) is 5.26 Å². The largest absolute Gasteiger partial charge is 0.494 e. The van der Waals surface area contributed by atoms with Gasteiger partial charge in [-0.1, -0.05) is 0 Å². The zero-order chi connectivity index (χ0) is 26.6. The number of nitrogens with zero attached hydrogens (tertiary/aromatic N) is 8. The number of likely N-dealkylation sites (tertiary alicyclic amines) is 1. The van der Waals surface area contributed by atoms with Gasteiger partial charge in [-0.05, 0) is 32.9 Å². The number of pyridine rings is 1. The van der Waals surface area contributed by atoms with Crippen LogP contribution in [-0.2, 0) is 13.0 Å². The first-order chi connectivity index (χ1) is 18.5. The predicted molar refractivity (Wildman–Crippen MR) is 140 cm³/mol. The van der Waals surface area contributed by atoms with Crippen molar-refractivity contribution in [3.05, 3.63) is 29.7 Å². The number of piperazine rings is 1. The molecule has 0 bridgehead atoms. The molecule has 38 heavy (non-hydrogen) atoms. The Morgan fingerprint density at radius 2 is 2.08 bits per heavy atom. The maximum Gasteiger partial charge on any atom is 0.407 e. The zero-order valence-corrected chi connectivity index (χ0v) is 21.9. The fourth-order valence-electron chi connectivity index (χ4n) is 5.64. The highest BCUT2D eigenvalue weighted by Gasteiger charge is 2.34. The lowest BCUT2D eigenvalue weighted by molar-refractivity contribution is 0.119. The van der Waals surface area contributed by atoms with E-state index in [-0.39, 0.29) is 6.42 Å². The van der Waals surface area contributed by atoms with Crippen molar-refractivity contribution >= 4 is 17.6 Å². The van der Waals surface area contributed by atoms with Gasteiger partial charge in [0, 0.05) is 50.0 Å². The summed E-state index contributed by atoms with van der Waals surface area (Å²) in [5, 5.41) is 19.0. The second-order valence-electron chi connectivity index (χ2n) is 10.00.